The molecular weight excluding hydrogens is 440 g/mol. The molecule has 178 valence electrons. The van der Waals surface area contributed by atoms with Crippen molar-refractivity contribution in [2.45, 2.75) is 57.6 Å². The van der Waals surface area contributed by atoms with E-state index in [0.717, 1.165) is 17.9 Å². The van der Waals surface area contributed by atoms with Gasteiger partial charge in [0.25, 0.3) is 5.69 Å². The molecule has 1 aliphatic rings. The number of carbonyl (C=O) groups is 1. The van der Waals surface area contributed by atoms with Crippen molar-refractivity contribution in [1.29, 1.82) is 0 Å². The first-order chi connectivity index (χ1) is 16.2. The summed E-state index contributed by atoms with van der Waals surface area (Å²) in [5.41, 5.74) is 0.574. The number of nitrogens with zero attached hydrogens (tertiary/aromatic N) is 5. The number of non-ortho nitro benzene ring substituents is 1. The van der Waals surface area contributed by atoms with Gasteiger partial charge in [0.2, 0.25) is 0 Å². The molecule has 1 aliphatic carbocycles. The second-order valence-corrected chi connectivity index (χ2v) is 9.12. The monoisotopic (exact) mass is 466 g/mol. The second kappa shape index (κ2) is 9.46. The van der Waals surface area contributed by atoms with E-state index in [2.05, 4.69) is 36.3 Å². The van der Waals surface area contributed by atoms with Crippen LogP contribution < -0.4 is 10.1 Å². The van der Waals surface area contributed by atoms with Gasteiger partial charge in [-0.1, -0.05) is 0 Å². The number of rotatable bonds is 6. The lowest BCUT2D eigenvalue weighted by molar-refractivity contribution is -0.384. The molecule has 2 aromatic heterocycles. The standard InChI is InChI=1S/C23H26N6O5/c1-23(2,3)28-21(25-20-5-4-12-24-26-20)14-19(27-28)15-6-9-18(13-15)34-22(30)33-17-10-7-16(8-11-17)29(31)32/h4-5,7-8,10-12,14-15,18H,6,9,13H2,1-3H3,(H,25,26)/t15-,18+/m0/s1. The van der Waals surface area contributed by atoms with E-state index in [9.17, 15) is 14.9 Å². The first kappa shape index (κ1) is 23.1. The van der Waals surface area contributed by atoms with Gasteiger partial charge in [0.05, 0.1) is 16.2 Å². The highest BCUT2D eigenvalue weighted by Gasteiger charge is 2.32. The van der Waals surface area contributed by atoms with Crippen molar-refractivity contribution in [2.24, 2.45) is 0 Å². The topological polar surface area (TPSA) is 134 Å². The predicted octanol–water partition coefficient (Wildman–Crippen LogP) is 4.93. The van der Waals surface area contributed by atoms with Gasteiger partial charge in [0.15, 0.2) is 5.82 Å². The van der Waals surface area contributed by atoms with E-state index in [1.165, 1.54) is 24.3 Å². The van der Waals surface area contributed by atoms with Crippen LogP contribution in [-0.2, 0) is 10.3 Å². The normalized spacial score (nSPS) is 17.9. The van der Waals surface area contributed by atoms with Crippen LogP contribution in [0.5, 0.6) is 5.75 Å². The van der Waals surface area contributed by atoms with Crippen LogP contribution in [0.3, 0.4) is 0 Å². The fraction of sp³-hybridized carbons (Fsp3) is 0.391. The third kappa shape index (κ3) is 5.48. The van der Waals surface area contributed by atoms with Gasteiger partial charge in [-0.2, -0.15) is 10.2 Å². The Balaban J connectivity index is 1.39. The van der Waals surface area contributed by atoms with Crippen molar-refractivity contribution in [3.63, 3.8) is 0 Å². The number of ether oxygens (including phenoxy) is 2. The lowest BCUT2D eigenvalue weighted by Crippen LogP contribution is -2.25. The minimum Gasteiger partial charge on any atom is -0.431 e. The minimum absolute atomic E-state index is 0.0813. The summed E-state index contributed by atoms with van der Waals surface area (Å²) in [7, 11) is 0. The molecule has 1 N–H and O–H groups in total. The highest BCUT2D eigenvalue weighted by Crippen LogP contribution is 2.38. The third-order valence-electron chi connectivity index (χ3n) is 5.51. The number of benzene rings is 1. The Labute approximate surface area is 196 Å². The van der Waals surface area contributed by atoms with Gasteiger partial charge in [-0.05, 0) is 64.3 Å². The second-order valence-electron chi connectivity index (χ2n) is 9.12. The molecule has 1 aromatic carbocycles. The number of carbonyl (C=O) groups excluding carboxylic acids is 1. The lowest BCUT2D eigenvalue weighted by Gasteiger charge is -2.22. The van der Waals surface area contributed by atoms with Crippen LogP contribution in [0.15, 0.2) is 48.7 Å². The molecule has 0 unspecified atom stereocenters. The van der Waals surface area contributed by atoms with Crippen LogP contribution in [0.1, 0.15) is 51.6 Å². The van der Waals surface area contributed by atoms with Gasteiger partial charge < -0.3 is 14.8 Å². The molecule has 2 atom stereocenters. The summed E-state index contributed by atoms with van der Waals surface area (Å²) in [6.45, 7) is 6.21. The molecule has 11 nitrogen and oxygen atoms in total. The molecule has 0 amide bonds. The molecule has 1 saturated carbocycles. The molecule has 1 fully saturated rings. The van der Waals surface area contributed by atoms with E-state index in [-0.39, 0.29) is 29.0 Å². The summed E-state index contributed by atoms with van der Waals surface area (Å²) in [5.74, 6) is 1.75. The fourth-order valence-corrected chi connectivity index (χ4v) is 3.91. The molecule has 34 heavy (non-hydrogen) atoms. The van der Waals surface area contributed by atoms with E-state index in [1.807, 2.05) is 22.9 Å². The largest absolute Gasteiger partial charge is 0.514 e. The summed E-state index contributed by atoms with van der Waals surface area (Å²) in [6.07, 6.45) is 2.62. The van der Waals surface area contributed by atoms with Gasteiger partial charge in [0, 0.05) is 30.3 Å². The minimum atomic E-state index is -0.829. The van der Waals surface area contributed by atoms with Crippen LogP contribution in [0.4, 0.5) is 22.1 Å². The van der Waals surface area contributed by atoms with E-state index in [0.29, 0.717) is 18.7 Å². The number of nitrogens with one attached hydrogen (secondary N) is 1. The van der Waals surface area contributed by atoms with Crippen LogP contribution in [0.2, 0.25) is 0 Å². The van der Waals surface area contributed by atoms with E-state index in [4.69, 9.17) is 14.6 Å². The average Bonchev–Trinajstić information content (AvgIpc) is 3.42. The fourth-order valence-electron chi connectivity index (χ4n) is 3.91. The van der Waals surface area contributed by atoms with Crippen molar-refractivity contribution in [3.05, 3.63) is 64.5 Å². The zero-order valence-corrected chi connectivity index (χ0v) is 19.2. The maximum Gasteiger partial charge on any atom is 0.514 e. The van der Waals surface area contributed by atoms with Crippen LogP contribution in [0, 0.1) is 10.1 Å². The third-order valence-corrected chi connectivity index (χ3v) is 5.51. The molecule has 2 heterocycles. The van der Waals surface area contributed by atoms with Crippen molar-refractivity contribution in [3.8, 4) is 5.75 Å². The SMILES string of the molecule is CC(C)(C)n1nc([C@H]2CC[C@@H](OC(=O)Oc3ccc([N+](=O)[O-])cc3)C2)cc1Nc1cccnn1. The number of nitro benzene ring substituents is 1. The molecular formula is C23H26N6O5. The zero-order valence-electron chi connectivity index (χ0n) is 19.2. The highest BCUT2D eigenvalue weighted by atomic mass is 16.7. The Hall–Kier alpha value is -4.02. The number of hydrogen-bond donors (Lipinski definition) is 1. The van der Waals surface area contributed by atoms with Crippen molar-refractivity contribution < 1.29 is 19.2 Å². The number of nitro groups is 1. The highest BCUT2D eigenvalue weighted by molar-refractivity contribution is 5.64. The maximum absolute atomic E-state index is 12.2. The predicted molar refractivity (Wildman–Crippen MR) is 123 cm³/mol. The first-order valence-electron chi connectivity index (χ1n) is 11.0. The van der Waals surface area contributed by atoms with Crippen LogP contribution >= 0.6 is 0 Å². The summed E-state index contributed by atoms with van der Waals surface area (Å²) in [5, 5.41) is 26.9. The Morgan fingerprint density at radius 3 is 2.62 bits per heavy atom. The molecule has 3 aromatic rings. The zero-order chi connectivity index (χ0) is 24.3. The molecule has 4 rings (SSSR count). The van der Waals surface area contributed by atoms with E-state index >= 15 is 0 Å². The molecule has 0 spiro atoms. The van der Waals surface area contributed by atoms with E-state index in [1.54, 1.807) is 6.20 Å². The van der Waals surface area contributed by atoms with Crippen molar-refractivity contribution >= 4 is 23.5 Å². The number of anilines is 2. The summed E-state index contributed by atoms with van der Waals surface area (Å²) in [6, 6.07) is 10.9. The van der Waals surface area contributed by atoms with Crippen molar-refractivity contribution in [2.75, 3.05) is 5.32 Å². The summed E-state index contributed by atoms with van der Waals surface area (Å²) >= 11 is 0. The van der Waals surface area contributed by atoms with Gasteiger partial charge in [-0.25, -0.2) is 9.48 Å². The number of aromatic nitrogens is 4. The Morgan fingerprint density at radius 2 is 1.97 bits per heavy atom. The average molecular weight is 466 g/mol. The van der Waals surface area contributed by atoms with Gasteiger partial charge in [-0.15, -0.1) is 5.10 Å². The first-order valence-corrected chi connectivity index (χ1v) is 11.0. The van der Waals surface area contributed by atoms with Gasteiger partial charge in [0.1, 0.15) is 17.7 Å². The number of hydrogen-bond acceptors (Lipinski definition) is 9. The van der Waals surface area contributed by atoms with Gasteiger partial charge >= 0.3 is 6.16 Å². The molecule has 0 radical (unpaired) electrons. The Morgan fingerprint density at radius 1 is 1.21 bits per heavy atom. The molecule has 0 saturated heterocycles. The molecule has 11 heteroatoms. The van der Waals surface area contributed by atoms with Crippen LogP contribution in [0.25, 0.3) is 0 Å². The van der Waals surface area contributed by atoms with Crippen molar-refractivity contribution in [1.82, 2.24) is 20.0 Å². The smallest absolute Gasteiger partial charge is 0.431 e. The maximum atomic E-state index is 12.2. The summed E-state index contributed by atoms with van der Waals surface area (Å²) in [4.78, 5) is 22.4. The summed E-state index contributed by atoms with van der Waals surface area (Å²) < 4.78 is 12.6. The molecule has 0 aliphatic heterocycles. The lowest BCUT2D eigenvalue weighted by atomic mass is 10.0. The van der Waals surface area contributed by atoms with Crippen LogP contribution in [-0.4, -0.2) is 37.2 Å². The Kier molecular flexibility index (Phi) is 6.44. The quantitative estimate of drug-likeness (QED) is 0.232. The Bertz CT molecular complexity index is 1160. The van der Waals surface area contributed by atoms with Gasteiger partial charge in [-0.3, -0.25) is 10.1 Å². The molecule has 0 bridgehead atoms. The van der Waals surface area contributed by atoms with E-state index < -0.39 is 11.1 Å².